The van der Waals surface area contributed by atoms with E-state index < -0.39 is 0 Å². The molecule has 2 aromatic rings. The molecule has 1 atom stereocenters. The van der Waals surface area contributed by atoms with Crippen molar-refractivity contribution in [1.82, 2.24) is 14.9 Å². The molecule has 1 saturated heterocycles. The van der Waals surface area contributed by atoms with Crippen LogP contribution in [0.1, 0.15) is 24.4 Å². The van der Waals surface area contributed by atoms with Crippen molar-refractivity contribution in [3.8, 4) is 11.3 Å². The predicted molar refractivity (Wildman–Crippen MR) is 64.3 cm³/mol. The number of hydrogen-bond acceptors (Lipinski definition) is 4. The van der Waals surface area contributed by atoms with Gasteiger partial charge in [-0.2, -0.15) is 0 Å². The van der Waals surface area contributed by atoms with Crippen molar-refractivity contribution in [3.05, 3.63) is 36.6 Å². The van der Waals surface area contributed by atoms with E-state index in [1.807, 2.05) is 12.3 Å². The Hall–Kier alpha value is -1.68. The minimum absolute atomic E-state index is 0.448. The van der Waals surface area contributed by atoms with E-state index in [2.05, 4.69) is 21.9 Å². The van der Waals surface area contributed by atoms with Crippen LogP contribution < -0.4 is 0 Å². The van der Waals surface area contributed by atoms with Gasteiger partial charge < -0.3 is 4.42 Å². The van der Waals surface area contributed by atoms with Crippen LogP contribution in [0.2, 0.25) is 0 Å². The summed E-state index contributed by atoms with van der Waals surface area (Å²) in [7, 11) is 2.16. The Morgan fingerprint density at radius 3 is 3.00 bits per heavy atom. The van der Waals surface area contributed by atoms with E-state index in [1.54, 1.807) is 12.4 Å². The second-order valence-corrected chi connectivity index (χ2v) is 4.47. The topological polar surface area (TPSA) is 42.2 Å². The van der Waals surface area contributed by atoms with Crippen LogP contribution in [0.25, 0.3) is 11.3 Å². The molecule has 2 aromatic heterocycles. The Balaban J connectivity index is 2.05. The van der Waals surface area contributed by atoms with Gasteiger partial charge in [0.1, 0.15) is 0 Å². The smallest absolute Gasteiger partial charge is 0.181 e. The average Bonchev–Trinajstić information content (AvgIpc) is 3.00. The lowest BCUT2D eigenvalue weighted by molar-refractivity contribution is 0.317. The number of oxazole rings is 1. The first-order valence-corrected chi connectivity index (χ1v) is 5.89. The van der Waals surface area contributed by atoms with Gasteiger partial charge in [0.25, 0.3) is 0 Å². The highest BCUT2D eigenvalue weighted by Gasteiger charge is 2.25. The van der Waals surface area contributed by atoms with Crippen molar-refractivity contribution in [2.45, 2.75) is 18.9 Å². The Kier molecular flexibility index (Phi) is 2.65. The summed E-state index contributed by atoms with van der Waals surface area (Å²) in [6, 6.07) is 2.45. The zero-order valence-electron chi connectivity index (χ0n) is 9.84. The van der Waals surface area contributed by atoms with Crippen LogP contribution in [0.4, 0.5) is 0 Å². The summed E-state index contributed by atoms with van der Waals surface area (Å²) in [4.78, 5) is 10.6. The second kappa shape index (κ2) is 4.30. The predicted octanol–water partition coefficient (Wildman–Crippen LogP) is 2.50. The van der Waals surface area contributed by atoms with Crippen LogP contribution in [-0.4, -0.2) is 28.5 Å². The standard InChI is InChI=1S/C13H15N3O/c1-16-6-2-3-12(16)11-7-14-5-4-10(11)13-8-15-9-17-13/h4-5,7-9,12H,2-3,6H2,1H3/t12-/m0/s1. The van der Waals surface area contributed by atoms with Gasteiger partial charge in [0.15, 0.2) is 12.2 Å². The van der Waals surface area contributed by atoms with Crippen molar-refractivity contribution < 1.29 is 4.42 Å². The molecule has 17 heavy (non-hydrogen) atoms. The summed E-state index contributed by atoms with van der Waals surface area (Å²) in [5, 5.41) is 0. The molecule has 1 fully saturated rings. The van der Waals surface area contributed by atoms with E-state index in [-0.39, 0.29) is 0 Å². The van der Waals surface area contributed by atoms with Gasteiger partial charge in [0, 0.05) is 24.0 Å². The molecule has 0 aliphatic carbocycles. The number of nitrogens with zero attached hydrogens (tertiary/aromatic N) is 3. The van der Waals surface area contributed by atoms with Crippen molar-refractivity contribution in [2.24, 2.45) is 0 Å². The molecule has 3 rings (SSSR count). The number of aromatic nitrogens is 2. The monoisotopic (exact) mass is 229 g/mol. The summed E-state index contributed by atoms with van der Waals surface area (Å²) in [5.74, 6) is 0.822. The van der Waals surface area contributed by atoms with Gasteiger partial charge in [-0.15, -0.1) is 0 Å². The maximum absolute atomic E-state index is 5.40. The number of rotatable bonds is 2. The van der Waals surface area contributed by atoms with Crippen LogP contribution in [0.3, 0.4) is 0 Å². The molecule has 4 nitrogen and oxygen atoms in total. The third-order valence-corrected chi connectivity index (χ3v) is 3.43. The Morgan fingerprint density at radius 1 is 1.35 bits per heavy atom. The lowest BCUT2D eigenvalue weighted by atomic mass is 10.00. The Bertz CT molecular complexity index is 495. The van der Waals surface area contributed by atoms with Crippen molar-refractivity contribution in [3.63, 3.8) is 0 Å². The van der Waals surface area contributed by atoms with E-state index in [0.717, 1.165) is 17.9 Å². The summed E-state index contributed by atoms with van der Waals surface area (Å²) < 4.78 is 5.40. The van der Waals surface area contributed by atoms with E-state index in [4.69, 9.17) is 4.42 Å². The van der Waals surface area contributed by atoms with Gasteiger partial charge in [0.2, 0.25) is 0 Å². The highest BCUT2D eigenvalue weighted by atomic mass is 16.3. The largest absolute Gasteiger partial charge is 0.444 e. The molecule has 0 bridgehead atoms. The maximum Gasteiger partial charge on any atom is 0.181 e. The molecular formula is C13H15N3O. The quantitative estimate of drug-likeness (QED) is 0.793. The number of likely N-dealkylation sites (tertiary alicyclic amines) is 1. The molecule has 0 aromatic carbocycles. The molecule has 0 radical (unpaired) electrons. The average molecular weight is 229 g/mol. The van der Waals surface area contributed by atoms with Gasteiger partial charge in [-0.3, -0.25) is 9.88 Å². The molecule has 0 amide bonds. The van der Waals surface area contributed by atoms with Crippen LogP contribution in [0.15, 0.2) is 35.5 Å². The molecule has 0 unspecified atom stereocenters. The van der Waals surface area contributed by atoms with E-state index in [9.17, 15) is 0 Å². The molecule has 0 N–H and O–H groups in total. The molecule has 3 heterocycles. The van der Waals surface area contributed by atoms with E-state index in [0.29, 0.717) is 6.04 Å². The summed E-state index contributed by atoms with van der Waals surface area (Å²) in [6.45, 7) is 1.15. The number of pyridine rings is 1. The van der Waals surface area contributed by atoms with Crippen LogP contribution >= 0.6 is 0 Å². The van der Waals surface area contributed by atoms with Gasteiger partial charge >= 0.3 is 0 Å². The Morgan fingerprint density at radius 2 is 2.29 bits per heavy atom. The minimum atomic E-state index is 0.448. The van der Waals surface area contributed by atoms with Crippen LogP contribution in [-0.2, 0) is 0 Å². The maximum atomic E-state index is 5.40. The fraction of sp³-hybridized carbons (Fsp3) is 0.385. The third kappa shape index (κ3) is 1.85. The van der Waals surface area contributed by atoms with Crippen LogP contribution in [0, 0.1) is 0 Å². The summed E-state index contributed by atoms with van der Waals surface area (Å²) >= 11 is 0. The van der Waals surface area contributed by atoms with Gasteiger partial charge in [-0.05, 0) is 38.1 Å². The first kappa shape index (κ1) is 10.5. The molecule has 1 aliphatic rings. The zero-order valence-corrected chi connectivity index (χ0v) is 9.84. The second-order valence-electron chi connectivity index (χ2n) is 4.47. The SMILES string of the molecule is CN1CCC[C@H]1c1cnccc1-c1cnco1. The van der Waals surface area contributed by atoms with Crippen molar-refractivity contribution in [2.75, 3.05) is 13.6 Å². The molecule has 1 aliphatic heterocycles. The van der Waals surface area contributed by atoms with Gasteiger partial charge in [-0.1, -0.05) is 0 Å². The van der Waals surface area contributed by atoms with E-state index >= 15 is 0 Å². The first-order chi connectivity index (χ1) is 8.36. The summed E-state index contributed by atoms with van der Waals surface area (Å²) in [6.07, 6.45) is 9.40. The zero-order chi connectivity index (χ0) is 11.7. The van der Waals surface area contributed by atoms with Gasteiger partial charge in [0.05, 0.1) is 6.20 Å². The molecule has 4 heteroatoms. The fourth-order valence-corrected chi connectivity index (χ4v) is 2.55. The number of hydrogen-bond donors (Lipinski definition) is 0. The van der Waals surface area contributed by atoms with E-state index in [1.165, 1.54) is 24.8 Å². The van der Waals surface area contributed by atoms with Crippen LogP contribution in [0.5, 0.6) is 0 Å². The highest BCUT2D eigenvalue weighted by molar-refractivity contribution is 5.61. The Labute approximate surface area is 100 Å². The molecule has 0 saturated carbocycles. The fourth-order valence-electron chi connectivity index (χ4n) is 2.55. The van der Waals surface area contributed by atoms with Gasteiger partial charge in [-0.25, -0.2) is 4.98 Å². The van der Waals surface area contributed by atoms with Crippen molar-refractivity contribution >= 4 is 0 Å². The highest BCUT2D eigenvalue weighted by Crippen LogP contribution is 2.35. The first-order valence-electron chi connectivity index (χ1n) is 5.89. The minimum Gasteiger partial charge on any atom is -0.444 e. The molecule has 0 spiro atoms. The third-order valence-electron chi connectivity index (χ3n) is 3.43. The summed E-state index contributed by atoms with van der Waals surface area (Å²) in [5.41, 5.74) is 2.35. The molecular weight excluding hydrogens is 214 g/mol. The lowest BCUT2D eigenvalue weighted by Gasteiger charge is -2.21. The molecule has 88 valence electrons. The lowest BCUT2D eigenvalue weighted by Crippen LogP contribution is -2.18. The normalized spacial score (nSPS) is 20.9. The van der Waals surface area contributed by atoms with Crippen molar-refractivity contribution in [1.29, 1.82) is 0 Å².